The van der Waals surface area contributed by atoms with Gasteiger partial charge in [-0.3, -0.25) is 4.79 Å². The average Bonchev–Trinajstić information content (AvgIpc) is 3.03. The van der Waals surface area contributed by atoms with Gasteiger partial charge in [0.05, 0.1) is 12.5 Å². The number of hydrogen-bond acceptors (Lipinski definition) is 3. The lowest BCUT2D eigenvalue weighted by Crippen LogP contribution is -2.38. The fraction of sp³-hybridized carbons (Fsp3) is 0.562. The molecule has 4 nitrogen and oxygen atoms in total. The van der Waals surface area contributed by atoms with Crippen molar-refractivity contribution in [3.63, 3.8) is 0 Å². The van der Waals surface area contributed by atoms with Crippen molar-refractivity contribution in [2.75, 3.05) is 20.3 Å². The van der Waals surface area contributed by atoms with E-state index in [1.807, 2.05) is 24.3 Å². The van der Waals surface area contributed by atoms with Crippen molar-refractivity contribution >= 4 is 5.91 Å². The first-order chi connectivity index (χ1) is 9.48. The number of nitrogens with one attached hydrogen (secondary N) is 1. The molecule has 1 saturated carbocycles. The maximum Gasteiger partial charge on any atom is 0.231 e. The smallest absolute Gasteiger partial charge is 0.231 e. The van der Waals surface area contributed by atoms with Crippen LogP contribution in [-0.4, -0.2) is 31.3 Å². The Hall–Kier alpha value is -1.55. The van der Waals surface area contributed by atoms with Crippen LogP contribution in [0.2, 0.25) is 0 Å². The summed E-state index contributed by atoms with van der Waals surface area (Å²) in [5.74, 6) is 0.851. The largest absolute Gasteiger partial charge is 0.497 e. The number of carbonyl (C=O) groups is 1. The maximum absolute atomic E-state index is 12.5. The van der Waals surface area contributed by atoms with E-state index >= 15 is 0 Å². The Bertz CT molecular complexity index is 481. The van der Waals surface area contributed by atoms with Gasteiger partial charge in [0.25, 0.3) is 0 Å². The fourth-order valence-electron chi connectivity index (χ4n) is 2.94. The van der Waals surface area contributed by atoms with E-state index in [0.29, 0.717) is 13.0 Å². The first kappa shape index (κ1) is 14.9. The predicted octanol–water partition coefficient (Wildman–Crippen LogP) is 1.86. The molecule has 4 heteroatoms. The quantitative estimate of drug-likeness (QED) is 0.780. The van der Waals surface area contributed by atoms with Crippen LogP contribution in [0.25, 0.3) is 0 Å². The Labute approximate surface area is 120 Å². The summed E-state index contributed by atoms with van der Waals surface area (Å²) in [5, 5.41) is 11.7. The van der Waals surface area contributed by atoms with E-state index in [1.54, 1.807) is 7.11 Å². The molecule has 1 unspecified atom stereocenters. The van der Waals surface area contributed by atoms with Gasteiger partial charge < -0.3 is 15.2 Å². The highest BCUT2D eigenvalue weighted by Gasteiger charge is 2.66. The van der Waals surface area contributed by atoms with Crippen LogP contribution in [0.5, 0.6) is 5.75 Å². The van der Waals surface area contributed by atoms with Gasteiger partial charge in [0, 0.05) is 13.2 Å². The Morgan fingerprint density at radius 2 is 1.95 bits per heavy atom. The van der Waals surface area contributed by atoms with E-state index in [1.165, 1.54) is 0 Å². The van der Waals surface area contributed by atoms with E-state index < -0.39 is 5.41 Å². The van der Waals surface area contributed by atoms with Crippen molar-refractivity contribution in [3.8, 4) is 5.75 Å². The van der Waals surface area contributed by atoms with Gasteiger partial charge in [-0.1, -0.05) is 26.0 Å². The lowest BCUT2D eigenvalue weighted by Gasteiger charge is -2.21. The second-order valence-corrected chi connectivity index (χ2v) is 6.03. The molecule has 0 aliphatic heterocycles. The van der Waals surface area contributed by atoms with Crippen molar-refractivity contribution in [2.24, 2.45) is 5.41 Å². The van der Waals surface area contributed by atoms with Gasteiger partial charge in [0.2, 0.25) is 5.91 Å². The van der Waals surface area contributed by atoms with Crippen LogP contribution in [0.4, 0.5) is 0 Å². The number of aliphatic hydroxyl groups is 1. The summed E-state index contributed by atoms with van der Waals surface area (Å²) in [6, 6.07) is 7.73. The summed E-state index contributed by atoms with van der Waals surface area (Å²) in [7, 11) is 1.63. The first-order valence-corrected chi connectivity index (χ1v) is 7.01. The third kappa shape index (κ3) is 2.40. The number of benzene rings is 1. The van der Waals surface area contributed by atoms with Crippen molar-refractivity contribution in [1.29, 1.82) is 0 Å². The minimum Gasteiger partial charge on any atom is -0.497 e. The summed E-state index contributed by atoms with van der Waals surface area (Å²) in [5.41, 5.74) is 0.546. The topological polar surface area (TPSA) is 58.6 Å². The summed E-state index contributed by atoms with van der Waals surface area (Å²) < 4.78 is 5.17. The van der Waals surface area contributed by atoms with Crippen LogP contribution < -0.4 is 10.1 Å². The Balaban J connectivity index is 2.20. The molecule has 0 spiro atoms. The molecule has 0 radical (unpaired) electrons. The number of aliphatic hydroxyl groups excluding tert-OH is 1. The van der Waals surface area contributed by atoms with Crippen molar-refractivity contribution < 1.29 is 14.6 Å². The van der Waals surface area contributed by atoms with Gasteiger partial charge in [-0.25, -0.2) is 0 Å². The maximum atomic E-state index is 12.5. The molecule has 1 aromatic carbocycles. The molecule has 0 aromatic heterocycles. The number of hydrogen-bond donors (Lipinski definition) is 2. The van der Waals surface area contributed by atoms with Crippen LogP contribution in [0, 0.1) is 5.41 Å². The molecular weight excluding hydrogens is 254 g/mol. The lowest BCUT2D eigenvalue weighted by molar-refractivity contribution is -0.124. The lowest BCUT2D eigenvalue weighted by atomic mass is 9.87. The summed E-state index contributed by atoms with van der Waals surface area (Å²) in [4.78, 5) is 12.5. The number of carbonyl (C=O) groups excluding carboxylic acids is 1. The molecule has 110 valence electrons. The van der Waals surface area contributed by atoms with Gasteiger partial charge in [-0.15, -0.1) is 0 Å². The second-order valence-electron chi connectivity index (χ2n) is 6.03. The molecule has 1 atom stereocenters. The molecular formula is C16H23NO3. The molecule has 2 N–H and O–H groups in total. The number of ether oxygens (including phenoxy) is 1. The summed E-state index contributed by atoms with van der Waals surface area (Å²) >= 11 is 0. The highest BCUT2D eigenvalue weighted by Crippen LogP contribution is 2.64. The molecule has 0 bridgehead atoms. The predicted molar refractivity (Wildman–Crippen MR) is 77.8 cm³/mol. The van der Waals surface area contributed by atoms with Gasteiger partial charge in [-0.2, -0.15) is 0 Å². The van der Waals surface area contributed by atoms with Gasteiger partial charge >= 0.3 is 0 Å². The van der Waals surface area contributed by atoms with Gasteiger partial charge in [0.1, 0.15) is 5.75 Å². The van der Waals surface area contributed by atoms with Crippen LogP contribution in [0.15, 0.2) is 24.3 Å². The van der Waals surface area contributed by atoms with E-state index in [0.717, 1.165) is 17.7 Å². The van der Waals surface area contributed by atoms with Crippen molar-refractivity contribution in [1.82, 2.24) is 5.32 Å². The standard InChI is InChI=1S/C16H23NO3/c1-15(2)11-16(15,14(19)17-9-4-10-18)12-5-7-13(20-3)8-6-12/h5-8,18H,4,9-11H2,1-3H3,(H,17,19). The SMILES string of the molecule is COc1ccc(C2(C(=O)NCCCO)CC2(C)C)cc1. The normalized spacial score (nSPS) is 23.2. The Morgan fingerprint density at radius 1 is 1.35 bits per heavy atom. The van der Waals surface area contributed by atoms with Crippen LogP contribution in [0.3, 0.4) is 0 Å². The van der Waals surface area contributed by atoms with E-state index in [9.17, 15) is 4.79 Å². The molecule has 1 aliphatic carbocycles. The third-order valence-electron chi connectivity index (χ3n) is 4.33. The zero-order chi connectivity index (χ0) is 14.8. The highest BCUT2D eigenvalue weighted by molar-refractivity contribution is 5.93. The second kappa shape index (κ2) is 5.44. The molecule has 1 aromatic rings. The van der Waals surface area contributed by atoms with Crippen LogP contribution in [0.1, 0.15) is 32.3 Å². The van der Waals surface area contributed by atoms with E-state index in [4.69, 9.17) is 9.84 Å². The molecule has 2 rings (SSSR count). The van der Waals surface area contributed by atoms with Crippen LogP contribution >= 0.6 is 0 Å². The summed E-state index contributed by atoms with van der Waals surface area (Å²) in [6.45, 7) is 4.84. The molecule has 1 fully saturated rings. The molecule has 0 saturated heterocycles. The average molecular weight is 277 g/mol. The number of amides is 1. The zero-order valence-electron chi connectivity index (χ0n) is 12.4. The minimum absolute atomic E-state index is 0.0368. The van der Waals surface area contributed by atoms with Crippen LogP contribution in [-0.2, 0) is 10.2 Å². The minimum atomic E-state index is -0.450. The van der Waals surface area contributed by atoms with Gasteiger partial charge in [-0.05, 0) is 36.0 Å². The number of methoxy groups -OCH3 is 1. The van der Waals surface area contributed by atoms with E-state index in [-0.39, 0.29) is 17.9 Å². The third-order valence-corrected chi connectivity index (χ3v) is 4.33. The Kier molecular flexibility index (Phi) is 4.04. The van der Waals surface area contributed by atoms with E-state index in [2.05, 4.69) is 19.2 Å². The molecule has 1 aliphatic rings. The first-order valence-electron chi connectivity index (χ1n) is 7.01. The molecule has 20 heavy (non-hydrogen) atoms. The fourth-order valence-corrected chi connectivity index (χ4v) is 2.94. The zero-order valence-corrected chi connectivity index (χ0v) is 12.4. The van der Waals surface area contributed by atoms with Crippen molar-refractivity contribution in [3.05, 3.63) is 29.8 Å². The molecule has 0 heterocycles. The molecule has 1 amide bonds. The van der Waals surface area contributed by atoms with Crippen molar-refractivity contribution in [2.45, 2.75) is 32.1 Å². The monoisotopic (exact) mass is 277 g/mol. The summed E-state index contributed by atoms with van der Waals surface area (Å²) in [6.07, 6.45) is 1.43. The highest BCUT2D eigenvalue weighted by atomic mass is 16.5. The number of rotatable bonds is 6. The Morgan fingerprint density at radius 3 is 2.40 bits per heavy atom. The van der Waals surface area contributed by atoms with Gasteiger partial charge in [0.15, 0.2) is 0 Å².